The first-order chi connectivity index (χ1) is 18.5. The molecule has 0 radical (unpaired) electrons. The van der Waals surface area contributed by atoms with Crippen molar-refractivity contribution in [2.24, 2.45) is 0 Å². The van der Waals surface area contributed by atoms with Crippen LogP contribution in [0.15, 0.2) is 125 Å². The molecule has 0 bridgehead atoms. The summed E-state index contributed by atoms with van der Waals surface area (Å²) in [5.74, 6) is 0.198. The molecule has 4 aromatic carbocycles. The number of aromatic carboxylic acids is 1. The molecule has 0 saturated carbocycles. The Hall–Kier alpha value is -5.16. The third kappa shape index (κ3) is 4.53. The summed E-state index contributed by atoms with van der Waals surface area (Å²) in [6, 6.07) is 34.5. The fourth-order valence-corrected chi connectivity index (χ4v) is 4.68. The van der Waals surface area contributed by atoms with Crippen LogP contribution in [0.3, 0.4) is 0 Å². The topological polar surface area (TPSA) is 70.8 Å². The van der Waals surface area contributed by atoms with Crippen molar-refractivity contribution in [2.45, 2.75) is 6.54 Å². The molecular formula is C33H23NO4. The van der Waals surface area contributed by atoms with Gasteiger partial charge in [0.1, 0.15) is 11.5 Å². The molecule has 1 N–H and O–H groups in total. The van der Waals surface area contributed by atoms with Crippen LogP contribution in [0.4, 0.5) is 0 Å². The van der Waals surface area contributed by atoms with Crippen molar-refractivity contribution in [3.63, 3.8) is 0 Å². The van der Waals surface area contributed by atoms with Crippen LogP contribution in [0, 0.1) is 0 Å². The average molecular weight is 498 g/mol. The van der Waals surface area contributed by atoms with Crippen molar-refractivity contribution in [3.05, 3.63) is 143 Å². The Labute approximate surface area is 219 Å². The molecule has 0 spiro atoms. The summed E-state index contributed by atoms with van der Waals surface area (Å²) in [6.07, 6.45) is 3.64. The van der Waals surface area contributed by atoms with Crippen molar-refractivity contribution >= 4 is 34.4 Å². The lowest BCUT2D eigenvalue weighted by Crippen LogP contribution is -2.25. The van der Waals surface area contributed by atoms with Gasteiger partial charge < -0.3 is 14.4 Å². The number of fused-ring (bicyclic) bond motifs is 1. The molecule has 0 saturated heterocycles. The number of amides is 1. The lowest BCUT2D eigenvalue weighted by Gasteiger charge is -2.21. The van der Waals surface area contributed by atoms with E-state index < -0.39 is 5.97 Å². The summed E-state index contributed by atoms with van der Waals surface area (Å²) in [4.78, 5) is 26.5. The molecule has 1 aromatic heterocycles. The molecular weight excluding hydrogens is 474 g/mol. The minimum Gasteiger partial charge on any atom is -0.478 e. The molecule has 5 nitrogen and oxygen atoms in total. The first-order valence-electron chi connectivity index (χ1n) is 12.3. The van der Waals surface area contributed by atoms with Gasteiger partial charge in [0.2, 0.25) is 0 Å². The predicted octanol–water partition coefficient (Wildman–Crippen LogP) is 7.26. The third-order valence-electron chi connectivity index (χ3n) is 6.64. The number of nitrogens with zero attached hydrogens (tertiary/aromatic N) is 1. The Morgan fingerprint density at radius 1 is 0.789 bits per heavy atom. The van der Waals surface area contributed by atoms with Crippen molar-refractivity contribution in [1.82, 2.24) is 4.90 Å². The molecule has 1 aliphatic rings. The highest BCUT2D eigenvalue weighted by molar-refractivity contribution is 6.10. The average Bonchev–Trinajstić information content (AvgIpc) is 3.54. The van der Waals surface area contributed by atoms with Crippen LogP contribution in [0.1, 0.15) is 27.2 Å². The number of carbonyl (C=O) groups excluding carboxylic acids is 1. The fraction of sp³-hybridized carbons (Fsp3) is 0.0303. The molecule has 38 heavy (non-hydrogen) atoms. The Kier molecular flexibility index (Phi) is 5.94. The summed E-state index contributed by atoms with van der Waals surface area (Å²) in [6.45, 7) is 0.317. The Balaban J connectivity index is 1.32. The summed E-state index contributed by atoms with van der Waals surface area (Å²) >= 11 is 0. The highest BCUT2D eigenvalue weighted by Gasteiger charge is 2.29. The van der Waals surface area contributed by atoms with E-state index in [0.717, 1.165) is 38.9 Å². The Bertz CT molecular complexity index is 1730. The minimum atomic E-state index is -0.981. The third-order valence-corrected chi connectivity index (χ3v) is 6.64. The van der Waals surface area contributed by atoms with Crippen LogP contribution in [0.2, 0.25) is 0 Å². The van der Waals surface area contributed by atoms with Gasteiger partial charge in [-0.3, -0.25) is 4.79 Å². The lowest BCUT2D eigenvalue weighted by atomic mass is 10.1. The smallest absolute Gasteiger partial charge is 0.335 e. The van der Waals surface area contributed by atoms with E-state index >= 15 is 0 Å². The number of carboxylic acid groups (broad SMARTS) is 1. The number of carboxylic acids is 1. The van der Waals surface area contributed by atoms with Crippen LogP contribution >= 0.6 is 0 Å². The number of rotatable bonds is 6. The molecule has 2 heterocycles. The summed E-state index contributed by atoms with van der Waals surface area (Å²) < 4.78 is 6.13. The molecule has 0 fully saturated rings. The normalized spacial score (nSPS) is 14.3. The second-order valence-electron chi connectivity index (χ2n) is 9.15. The lowest BCUT2D eigenvalue weighted by molar-refractivity contribution is -0.123. The van der Waals surface area contributed by atoms with E-state index in [9.17, 15) is 14.7 Å². The maximum Gasteiger partial charge on any atom is 0.335 e. The van der Waals surface area contributed by atoms with E-state index in [1.807, 2.05) is 66.7 Å². The van der Waals surface area contributed by atoms with Crippen LogP contribution in [0.25, 0.3) is 33.9 Å². The zero-order valence-corrected chi connectivity index (χ0v) is 20.4. The van der Waals surface area contributed by atoms with Crippen LogP contribution in [-0.2, 0) is 11.3 Å². The highest BCUT2D eigenvalue weighted by atomic mass is 16.4. The van der Waals surface area contributed by atoms with Gasteiger partial charge in [-0.15, -0.1) is 0 Å². The maximum absolute atomic E-state index is 13.6. The van der Waals surface area contributed by atoms with E-state index in [1.165, 1.54) is 0 Å². The monoisotopic (exact) mass is 497 g/mol. The number of furan rings is 1. The first kappa shape index (κ1) is 23.3. The van der Waals surface area contributed by atoms with Gasteiger partial charge in [-0.2, -0.15) is 0 Å². The van der Waals surface area contributed by atoms with Gasteiger partial charge >= 0.3 is 5.97 Å². The zero-order chi connectivity index (χ0) is 26.1. The molecule has 0 aliphatic carbocycles. The molecule has 5 aromatic rings. The summed E-state index contributed by atoms with van der Waals surface area (Å²) in [5.41, 5.74) is 4.24. The zero-order valence-electron chi connectivity index (χ0n) is 20.4. The summed E-state index contributed by atoms with van der Waals surface area (Å²) in [5, 5.41) is 11.5. The molecule has 6 rings (SSSR count). The van der Waals surface area contributed by atoms with Gasteiger partial charge in [0, 0.05) is 11.1 Å². The van der Waals surface area contributed by atoms with Gasteiger partial charge in [-0.1, -0.05) is 78.9 Å². The van der Waals surface area contributed by atoms with Crippen molar-refractivity contribution in [2.75, 3.05) is 0 Å². The van der Waals surface area contributed by atoms with Gasteiger partial charge in [-0.05, 0) is 64.4 Å². The van der Waals surface area contributed by atoms with E-state index in [0.29, 0.717) is 17.9 Å². The Morgan fingerprint density at radius 2 is 1.53 bits per heavy atom. The molecule has 0 unspecified atom stereocenters. The van der Waals surface area contributed by atoms with Gasteiger partial charge in [0.15, 0.2) is 0 Å². The molecule has 5 heteroatoms. The number of hydrogen-bond acceptors (Lipinski definition) is 3. The minimum absolute atomic E-state index is 0.144. The van der Waals surface area contributed by atoms with Crippen molar-refractivity contribution in [3.8, 4) is 11.3 Å². The highest BCUT2D eigenvalue weighted by Crippen LogP contribution is 2.33. The molecule has 1 aliphatic heterocycles. The molecule has 0 atom stereocenters. The van der Waals surface area contributed by atoms with Crippen molar-refractivity contribution in [1.29, 1.82) is 0 Å². The van der Waals surface area contributed by atoms with Gasteiger partial charge in [-0.25, -0.2) is 4.79 Å². The SMILES string of the molecule is O=C(O)c1ccc(CN2C(=O)/C(=C/c3ccc(-c4ccc5ccccc5c4)o3)C=C2c2ccccc2)cc1. The molecule has 1 amide bonds. The Morgan fingerprint density at radius 3 is 2.29 bits per heavy atom. The fourth-order valence-electron chi connectivity index (χ4n) is 4.68. The van der Waals surface area contributed by atoms with E-state index in [4.69, 9.17) is 4.42 Å². The van der Waals surface area contributed by atoms with E-state index in [1.54, 1.807) is 35.2 Å². The predicted molar refractivity (Wildman–Crippen MR) is 148 cm³/mol. The van der Waals surface area contributed by atoms with Gasteiger partial charge in [0.05, 0.1) is 17.8 Å². The second kappa shape index (κ2) is 9.71. The molecule has 184 valence electrons. The number of benzene rings is 4. The standard InChI is InChI=1S/C33H23NO4/c35-32-28(19-29-16-17-31(38-29)27-15-14-23-6-4-5-9-26(23)18-27)20-30(24-7-2-1-3-8-24)34(32)21-22-10-12-25(13-11-22)33(36)37/h1-20H,21H2,(H,36,37)/b28-19+. The first-order valence-corrected chi connectivity index (χ1v) is 12.3. The van der Waals surface area contributed by atoms with Crippen LogP contribution in [0.5, 0.6) is 0 Å². The van der Waals surface area contributed by atoms with Crippen LogP contribution < -0.4 is 0 Å². The van der Waals surface area contributed by atoms with Gasteiger partial charge in [0.25, 0.3) is 5.91 Å². The quantitative estimate of drug-likeness (QED) is 0.251. The maximum atomic E-state index is 13.6. The van der Waals surface area contributed by atoms with E-state index in [-0.39, 0.29) is 11.5 Å². The summed E-state index contributed by atoms with van der Waals surface area (Å²) in [7, 11) is 0. The number of hydrogen-bond donors (Lipinski definition) is 1. The van der Waals surface area contributed by atoms with E-state index in [2.05, 4.69) is 24.3 Å². The van der Waals surface area contributed by atoms with Crippen molar-refractivity contribution < 1.29 is 19.1 Å². The second-order valence-corrected chi connectivity index (χ2v) is 9.15. The largest absolute Gasteiger partial charge is 0.478 e. The number of carbonyl (C=O) groups is 2. The van der Waals surface area contributed by atoms with Crippen LogP contribution in [-0.4, -0.2) is 21.9 Å².